The average Bonchev–Trinajstić information content (AvgIpc) is 2.89. The Hall–Kier alpha value is -2.95. The number of benzene rings is 2. The summed E-state index contributed by atoms with van der Waals surface area (Å²) in [6.07, 6.45) is 3.85. The molecule has 2 aromatic carbocycles. The van der Waals surface area contributed by atoms with Gasteiger partial charge in [-0.1, -0.05) is 43.3 Å². The van der Waals surface area contributed by atoms with Crippen LogP contribution in [0.25, 0.3) is 27.8 Å². The molecule has 1 unspecified atom stereocenters. The minimum atomic E-state index is -0.238. The summed E-state index contributed by atoms with van der Waals surface area (Å²) in [5, 5.41) is 13.0. The lowest BCUT2D eigenvalue weighted by atomic mass is 9.84. The maximum Gasteiger partial charge on any atom is 0.271 e. The Labute approximate surface area is 138 Å². The lowest BCUT2D eigenvalue weighted by Crippen LogP contribution is -2.15. The number of Topliss-reactive ketones (excluding diaryl/α,β-unsaturated/α-hetero) is 1. The third-order valence-electron chi connectivity index (χ3n) is 4.64. The van der Waals surface area contributed by atoms with E-state index < -0.39 is 0 Å². The van der Waals surface area contributed by atoms with Crippen molar-refractivity contribution in [2.75, 3.05) is 14.2 Å². The molecule has 1 N–H and O–H groups in total. The van der Waals surface area contributed by atoms with Crippen molar-refractivity contribution in [3.05, 3.63) is 41.5 Å². The Kier molecular flexibility index (Phi) is 3.06. The molecule has 3 aromatic rings. The third kappa shape index (κ3) is 1.67. The third-order valence-corrected chi connectivity index (χ3v) is 4.64. The monoisotopic (exact) mass is 323 g/mol. The van der Waals surface area contributed by atoms with Gasteiger partial charge in [0.2, 0.25) is 0 Å². The summed E-state index contributed by atoms with van der Waals surface area (Å²) in [6, 6.07) is 7.77. The zero-order valence-electron chi connectivity index (χ0n) is 13.7. The van der Waals surface area contributed by atoms with Crippen LogP contribution in [0, 0.1) is 5.92 Å². The van der Waals surface area contributed by atoms with E-state index in [0.717, 1.165) is 16.3 Å². The Morgan fingerprint density at radius 3 is 2.54 bits per heavy atom. The number of fused-ring (bicyclic) bond motifs is 6. The summed E-state index contributed by atoms with van der Waals surface area (Å²) in [5.74, 6) is -0.152. The summed E-state index contributed by atoms with van der Waals surface area (Å²) in [6.45, 7) is 1.85. The van der Waals surface area contributed by atoms with E-state index >= 15 is 0 Å². The smallest absolute Gasteiger partial charge is 0.271 e. The molecule has 0 aliphatic heterocycles. The van der Waals surface area contributed by atoms with E-state index in [2.05, 4.69) is 0 Å². The number of carbonyl (C=O) groups is 1. The molecule has 0 saturated heterocycles. The molecule has 122 valence electrons. The Bertz CT molecular complexity index is 1030. The largest absolute Gasteiger partial charge is 0.503 e. The SMILES string of the molecule is COc1c(O)c2c3c(c4ccccc4c2n1OC)C=CC(C)C3=O. The number of methoxy groups -OCH3 is 1. The van der Waals surface area contributed by atoms with Crippen molar-refractivity contribution < 1.29 is 19.5 Å². The number of ether oxygens (including phenoxy) is 1. The first-order valence-electron chi connectivity index (χ1n) is 7.73. The lowest BCUT2D eigenvalue weighted by Gasteiger charge is -2.18. The second kappa shape index (κ2) is 5.03. The normalized spacial score (nSPS) is 16.6. The number of ketones is 1. The van der Waals surface area contributed by atoms with Crippen LogP contribution in [0.3, 0.4) is 0 Å². The van der Waals surface area contributed by atoms with Gasteiger partial charge in [-0.15, -0.1) is 4.73 Å². The van der Waals surface area contributed by atoms with E-state index in [9.17, 15) is 9.90 Å². The number of hydrogen-bond acceptors (Lipinski definition) is 4. The zero-order valence-corrected chi connectivity index (χ0v) is 13.7. The van der Waals surface area contributed by atoms with E-state index in [4.69, 9.17) is 9.57 Å². The maximum atomic E-state index is 12.9. The minimum absolute atomic E-state index is 0.0190. The predicted octanol–water partition coefficient (Wildman–Crippen LogP) is 3.41. The van der Waals surface area contributed by atoms with Gasteiger partial charge in [-0.3, -0.25) is 4.79 Å². The first-order valence-corrected chi connectivity index (χ1v) is 7.73. The van der Waals surface area contributed by atoms with Crippen molar-refractivity contribution in [3.63, 3.8) is 0 Å². The zero-order chi connectivity index (χ0) is 17.0. The first kappa shape index (κ1) is 14.6. The topological polar surface area (TPSA) is 60.7 Å². The number of nitrogens with zero attached hydrogens (tertiary/aromatic N) is 1. The Morgan fingerprint density at radius 2 is 1.88 bits per heavy atom. The molecule has 1 aliphatic rings. The quantitative estimate of drug-likeness (QED) is 0.785. The van der Waals surface area contributed by atoms with Gasteiger partial charge >= 0.3 is 0 Å². The molecule has 0 radical (unpaired) electrons. The molecule has 0 saturated carbocycles. The highest BCUT2D eigenvalue weighted by Crippen LogP contribution is 2.46. The summed E-state index contributed by atoms with van der Waals surface area (Å²) < 4.78 is 6.75. The molecule has 0 bridgehead atoms. The highest BCUT2D eigenvalue weighted by atomic mass is 16.7. The van der Waals surface area contributed by atoms with Gasteiger partial charge in [0.05, 0.1) is 12.5 Å². The predicted molar refractivity (Wildman–Crippen MR) is 92.7 cm³/mol. The van der Waals surface area contributed by atoms with Crippen LogP contribution >= 0.6 is 0 Å². The van der Waals surface area contributed by atoms with Crippen LogP contribution in [0.4, 0.5) is 0 Å². The van der Waals surface area contributed by atoms with E-state index in [1.807, 2.05) is 43.3 Å². The van der Waals surface area contributed by atoms with Gasteiger partial charge in [0, 0.05) is 16.9 Å². The van der Waals surface area contributed by atoms with Gasteiger partial charge in [0.25, 0.3) is 5.88 Å². The molecule has 0 fully saturated rings. The summed E-state index contributed by atoms with van der Waals surface area (Å²) in [7, 11) is 2.96. The van der Waals surface area contributed by atoms with Crippen LogP contribution in [0.15, 0.2) is 30.3 Å². The molecule has 4 rings (SSSR count). The first-order chi connectivity index (χ1) is 11.6. The highest BCUT2D eigenvalue weighted by Gasteiger charge is 2.31. The van der Waals surface area contributed by atoms with Crippen molar-refractivity contribution >= 4 is 33.5 Å². The molecule has 1 aromatic heterocycles. The average molecular weight is 323 g/mol. The Balaban J connectivity index is 2.34. The van der Waals surface area contributed by atoms with Crippen LogP contribution in [0.5, 0.6) is 11.6 Å². The number of rotatable bonds is 2. The molecule has 5 nitrogen and oxygen atoms in total. The highest BCUT2D eigenvalue weighted by molar-refractivity contribution is 6.24. The van der Waals surface area contributed by atoms with Crippen molar-refractivity contribution in [1.82, 2.24) is 4.73 Å². The minimum Gasteiger partial charge on any atom is -0.503 e. The molecular formula is C19H17NO4. The van der Waals surface area contributed by atoms with Crippen LogP contribution < -0.4 is 9.57 Å². The van der Waals surface area contributed by atoms with E-state index in [-0.39, 0.29) is 23.3 Å². The standard InChI is InChI=1S/C19H17NO4/c1-10-8-9-12-11-6-4-5-7-13(11)16-15(14(12)17(10)21)18(22)19(23-2)20(16)24-3/h4-10,22H,1-3H3. The number of aromatic hydroxyl groups is 1. The molecule has 24 heavy (non-hydrogen) atoms. The van der Waals surface area contributed by atoms with Crippen LogP contribution in [0.1, 0.15) is 22.8 Å². The molecule has 1 atom stereocenters. The number of carbonyl (C=O) groups excluding carboxylic acids is 1. The van der Waals surface area contributed by atoms with Crippen molar-refractivity contribution in [2.45, 2.75) is 6.92 Å². The fourth-order valence-electron chi connectivity index (χ4n) is 3.53. The van der Waals surface area contributed by atoms with Gasteiger partial charge in [-0.25, -0.2) is 0 Å². The Morgan fingerprint density at radius 1 is 1.17 bits per heavy atom. The van der Waals surface area contributed by atoms with E-state index in [1.54, 1.807) is 0 Å². The van der Waals surface area contributed by atoms with Crippen molar-refractivity contribution in [1.29, 1.82) is 0 Å². The van der Waals surface area contributed by atoms with Gasteiger partial charge in [0.1, 0.15) is 12.6 Å². The van der Waals surface area contributed by atoms with Crippen molar-refractivity contribution in [3.8, 4) is 11.6 Å². The van der Waals surface area contributed by atoms with Crippen LogP contribution in [-0.2, 0) is 0 Å². The van der Waals surface area contributed by atoms with E-state index in [0.29, 0.717) is 16.5 Å². The fraction of sp³-hybridized carbons (Fsp3) is 0.211. The number of aromatic nitrogens is 1. The maximum absolute atomic E-state index is 12.9. The van der Waals surface area contributed by atoms with Crippen LogP contribution in [0.2, 0.25) is 0 Å². The van der Waals surface area contributed by atoms with Gasteiger partial charge in [-0.05, 0) is 10.9 Å². The second-order valence-electron chi connectivity index (χ2n) is 5.90. The van der Waals surface area contributed by atoms with Gasteiger partial charge in [-0.2, -0.15) is 0 Å². The van der Waals surface area contributed by atoms with Crippen LogP contribution in [-0.4, -0.2) is 29.8 Å². The second-order valence-corrected chi connectivity index (χ2v) is 5.90. The van der Waals surface area contributed by atoms with Gasteiger partial charge in [0.15, 0.2) is 11.5 Å². The van der Waals surface area contributed by atoms with E-state index in [1.165, 1.54) is 19.0 Å². The molecule has 0 amide bonds. The number of allylic oxidation sites excluding steroid dienone is 1. The molecule has 1 heterocycles. The molecule has 1 aliphatic carbocycles. The number of hydrogen-bond donors (Lipinski definition) is 1. The molecule has 5 heteroatoms. The molecule has 0 spiro atoms. The van der Waals surface area contributed by atoms with Gasteiger partial charge < -0.3 is 14.7 Å². The summed E-state index contributed by atoms with van der Waals surface area (Å²) in [4.78, 5) is 18.3. The fourth-order valence-corrected chi connectivity index (χ4v) is 3.53. The summed E-state index contributed by atoms with van der Waals surface area (Å²) >= 11 is 0. The van der Waals surface area contributed by atoms with Crippen molar-refractivity contribution in [2.24, 2.45) is 5.92 Å². The summed E-state index contributed by atoms with van der Waals surface area (Å²) in [5.41, 5.74) is 1.98. The lowest BCUT2D eigenvalue weighted by molar-refractivity contribution is 0.0953. The molecular weight excluding hydrogens is 306 g/mol.